The molecular weight excluding hydrogens is 184 g/mol. The Kier molecular flexibility index (Phi) is 3.79. The van der Waals surface area contributed by atoms with E-state index in [0.717, 1.165) is 0 Å². The number of aliphatic hydroxyl groups excluding tert-OH is 2. The zero-order valence-electron chi connectivity index (χ0n) is 6.54. The largest absolute Gasteiger partial charge is 0.479 e. The Balaban J connectivity index is 4.77. The minimum Gasteiger partial charge on any atom is -0.479 e. The van der Waals surface area contributed by atoms with Crippen LogP contribution < -0.4 is 0 Å². The molecule has 0 bridgehead atoms. The SMILES string of the molecule is O=C(O)C(O)C(O)(CCO)C(=O)O. The summed E-state index contributed by atoms with van der Waals surface area (Å²) in [6.07, 6.45) is -3.22. The van der Waals surface area contributed by atoms with Crippen LogP contribution in [0.25, 0.3) is 0 Å². The second-order valence-corrected chi connectivity index (χ2v) is 2.44. The Labute approximate surface area is 72.9 Å². The van der Waals surface area contributed by atoms with E-state index in [9.17, 15) is 9.59 Å². The van der Waals surface area contributed by atoms with Crippen molar-refractivity contribution in [3.8, 4) is 0 Å². The standard InChI is InChI=1S/C6H10O7/c7-2-1-6(13,5(11)12)3(8)4(9)10/h3,7-8,13H,1-2H2,(H,9,10)(H,11,12). The van der Waals surface area contributed by atoms with Crippen molar-refractivity contribution in [3.63, 3.8) is 0 Å². The zero-order chi connectivity index (χ0) is 10.6. The molecule has 13 heavy (non-hydrogen) atoms. The fourth-order valence-corrected chi connectivity index (χ4v) is 0.735. The van der Waals surface area contributed by atoms with Crippen molar-refractivity contribution >= 4 is 11.9 Å². The normalized spacial score (nSPS) is 17.5. The Hall–Kier alpha value is -1.18. The van der Waals surface area contributed by atoms with Gasteiger partial charge in [0.1, 0.15) is 0 Å². The maximum absolute atomic E-state index is 10.4. The first-order chi connectivity index (χ1) is 5.86. The van der Waals surface area contributed by atoms with Crippen LogP contribution in [0.15, 0.2) is 0 Å². The predicted molar refractivity (Wildman–Crippen MR) is 37.9 cm³/mol. The monoisotopic (exact) mass is 194 g/mol. The Bertz CT molecular complexity index is 213. The lowest BCUT2D eigenvalue weighted by Crippen LogP contribution is -2.53. The van der Waals surface area contributed by atoms with E-state index in [1.807, 2.05) is 0 Å². The maximum Gasteiger partial charge on any atom is 0.339 e. The number of hydrogen-bond donors (Lipinski definition) is 5. The van der Waals surface area contributed by atoms with E-state index in [0.29, 0.717) is 0 Å². The van der Waals surface area contributed by atoms with Gasteiger partial charge in [-0.3, -0.25) is 0 Å². The van der Waals surface area contributed by atoms with E-state index in [1.165, 1.54) is 0 Å². The lowest BCUT2D eigenvalue weighted by Gasteiger charge is -2.24. The third-order valence-electron chi connectivity index (χ3n) is 1.55. The number of carboxylic acids is 2. The molecule has 0 saturated heterocycles. The first-order valence-corrected chi connectivity index (χ1v) is 3.33. The molecule has 0 rings (SSSR count). The first kappa shape index (κ1) is 11.8. The van der Waals surface area contributed by atoms with E-state index >= 15 is 0 Å². The van der Waals surface area contributed by atoms with Crippen molar-refractivity contribution in [2.45, 2.75) is 18.1 Å². The van der Waals surface area contributed by atoms with E-state index in [1.54, 1.807) is 0 Å². The van der Waals surface area contributed by atoms with Crippen LogP contribution in [0.5, 0.6) is 0 Å². The molecule has 2 unspecified atom stereocenters. The van der Waals surface area contributed by atoms with Crippen LogP contribution in [0.4, 0.5) is 0 Å². The van der Waals surface area contributed by atoms with Crippen LogP contribution in [0.1, 0.15) is 6.42 Å². The lowest BCUT2D eigenvalue weighted by atomic mass is 9.93. The highest BCUT2D eigenvalue weighted by Crippen LogP contribution is 2.16. The topological polar surface area (TPSA) is 135 Å². The van der Waals surface area contributed by atoms with Gasteiger partial charge in [-0.2, -0.15) is 0 Å². The third kappa shape index (κ3) is 2.38. The fourth-order valence-electron chi connectivity index (χ4n) is 0.735. The summed E-state index contributed by atoms with van der Waals surface area (Å²) < 4.78 is 0. The van der Waals surface area contributed by atoms with E-state index in [2.05, 4.69) is 0 Å². The molecule has 2 atom stereocenters. The molecule has 0 radical (unpaired) electrons. The Morgan fingerprint density at radius 2 is 1.77 bits per heavy atom. The summed E-state index contributed by atoms with van der Waals surface area (Å²) in [7, 11) is 0. The van der Waals surface area contributed by atoms with Crippen LogP contribution in [0, 0.1) is 0 Å². The third-order valence-corrected chi connectivity index (χ3v) is 1.55. The quantitative estimate of drug-likeness (QED) is 0.330. The highest BCUT2D eigenvalue weighted by molar-refractivity contribution is 5.87. The molecule has 0 aliphatic heterocycles. The second kappa shape index (κ2) is 4.17. The molecule has 7 nitrogen and oxygen atoms in total. The molecule has 0 aliphatic carbocycles. The van der Waals surface area contributed by atoms with Crippen molar-refractivity contribution in [2.24, 2.45) is 0 Å². The van der Waals surface area contributed by atoms with Gasteiger partial charge in [0.15, 0.2) is 6.10 Å². The molecule has 5 N–H and O–H groups in total. The Morgan fingerprint density at radius 3 is 2.00 bits per heavy atom. The van der Waals surface area contributed by atoms with Gasteiger partial charge in [-0.25, -0.2) is 9.59 Å². The van der Waals surface area contributed by atoms with Crippen molar-refractivity contribution in [1.82, 2.24) is 0 Å². The molecular formula is C6H10O7. The number of aliphatic hydroxyl groups is 3. The summed E-state index contributed by atoms with van der Waals surface area (Å²) in [6, 6.07) is 0. The van der Waals surface area contributed by atoms with Crippen LogP contribution in [-0.2, 0) is 9.59 Å². The van der Waals surface area contributed by atoms with Crippen molar-refractivity contribution < 1.29 is 35.1 Å². The Morgan fingerprint density at radius 1 is 1.31 bits per heavy atom. The smallest absolute Gasteiger partial charge is 0.339 e. The van der Waals surface area contributed by atoms with Gasteiger partial charge in [-0.15, -0.1) is 0 Å². The van der Waals surface area contributed by atoms with Crippen molar-refractivity contribution in [3.05, 3.63) is 0 Å². The summed E-state index contributed by atoms with van der Waals surface area (Å²) in [4.78, 5) is 20.5. The molecule has 0 saturated carbocycles. The summed E-state index contributed by atoms with van der Waals surface area (Å²) in [5, 5.41) is 42.9. The molecule has 76 valence electrons. The molecule has 0 spiro atoms. The average molecular weight is 194 g/mol. The van der Waals surface area contributed by atoms with Crippen LogP contribution in [0.2, 0.25) is 0 Å². The molecule has 7 heteroatoms. The van der Waals surface area contributed by atoms with Gasteiger partial charge in [0.25, 0.3) is 0 Å². The number of carbonyl (C=O) groups is 2. The van der Waals surface area contributed by atoms with Crippen LogP contribution in [0.3, 0.4) is 0 Å². The molecule has 0 aromatic carbocycles. The lowest BCUT2D eigenvalue weighted by molar-refractivity contribution is -0.185. The zero-order valence-corrected chi connectivity index (χ0v) is 6.54. The van der Waals surface area contributed by atoms with Gasteiger partial charge in [0.05, 0.1) is 0 Å². The fraction of sp³-hybridized carbons (Fsp3) is 0.667. The predicted octanol–water partition coefficient (Wildman–Crippen LogP) is -2.37. The molecule has 0 aliphatic rings. The van der Waals surface area contributed by atoms with E-state index in [4.69, 9.17) is 25.5 Å². The second-order valence-electron chi connectivity index (χ2n) is 2.44. The van der Waals surface area contributed by atoms with E-state index in [-0.39, 0.29) is 0 Å². The number of carboxylic acid groups (broad SMARTS) is 2. The number of rotatable bonds is 5. The van der Waals surface area contributed by atoms with Crippen molar-refractivity contribution in [1.29, 1.82) is 0 Å². The molecule has 0 aromatic heterocycles. The molecule has 0 amide bonds. The summed E-state index contributed by atoms with van der Waals surface area (Å²) in [5.41, 5.74) is -2.85. The molecule has 0 aromatic rings. The summed E-state index contributed by atoms with van der Waals surface area (Å²) in [6.45, 7) is -0.743. The van der Waals surface area contributed by atoms with Crippen LogP contribution in [-0.4, -0.2) is 55.8 Å². The van der Waals surface area contributed by atoms with Gasteiger partial charge >= 0.3 is 11.9 Å². The van der Waals surface area contributed by atoms with Gasteiger partial charge in [0, 0.05) is 13.0 Å². The maximum atomic E-state index is 10.4. The number of hydrogen-bond acceptors (Lipinski definition) is 5. The van der Waals surface area contributed by atoms with Gasteiger partial charge < -0.3 is 25.5 Å². The van der Waals surface area contributed by atoms with E-state index < -0.39 is 36.7 Å². The van der Waals surface area contributed by atoms with Gasteiger partial charge in [-0.05, 0) is 0 Å². The molecule has 0 heterocycles. The van der Waals surface area contributed by atoms with Gasteiger partial charge in [0.2, 0.25) is 5.60 Å². The summed E-state index contributed by atoms with van der Waals surface area (Å²) >= 11 is 0. The van der Waals surface area contributed by atoms with Crippen molar-refractivity contribution in [2.75, 3.05) is 6.61 Å². The highest BCUT2D eigenvalue weighted by Gasteiger charge is 2.47. The average Bonchev–Trinajstić information content (AvgIpc) is 2.02. The minimum atomic E-state index is -2.85. The number of aliphatic carboxylic acids is 2. The first-order valence-electron chi connectivity index (χ1n) is 3.33. The highest BCUT2D eigenvalue weighted by atomic mass is 16.4. The minimum absolute atomic E-state index is 0.743. The summed E-state index contributed by atoms with van der Waals surface area (Å²) in [5.74, 6) is -3.75. The van der Waals surface area contributed by atoms with Crippen LogP contribution >= 0.6 is 0 Å². The van der Waals surface area contributed by atoms with Gasteiger partial charge in [-0.1, -0.05) is 0 Å². The molecule has 0 fully saturated rings.